The molecular formula is C11H11Cl2N3. The van der Waals surface area contributed by atoms with Gasteiger partial charge in [0.05, 0.1) is 28.5 Å². The third kappa shape index (κ3) is 2.68. The molecule has 1 heterocycles. The molecule has 0 bridgehead atoms. The Labute approximate surface area is 104 Å². The molecule has 5 heteroatoms. The summed E-state index contributed by atoms with van der Waals surface area (Å²) in [4.78, 5) is 7.26. The second-order valence-corrected chi connectivity index (χ2v) is 4.29. The van der Waals surface area contributed by atoms with Crippen LogP contribution in [0, 0.1) is 6.92 Å². The molecule has 16 heavy (non-hydrogen) atoms. The lowest BCUT2D eigenvalue weighted by molar-refractivity contribution is 1.05. The van der Waals surface area contributed by atoms with E-state index in [0.29, 0.717) is 16.6 Å². The van der Waals surface area contributed by atoms with E-state index in [9.17, 15) is 0 Å². The maximum Gasteiger partial charge on any atom is 0.103 e. The number of hydrogen-bond acceptors (Lipinski definition) is 2. The smallest absolute Gasteiger partial charge is 0.103 e. The van der Waals surface area contributed by atoms with Crippen molar-refractivity contribution in [3.05, 3.63) is 46.0 Å². The summed E-state index contributed by atoms with van der Waals surface area (Å²) in [7, 11) is 0. The quantitative estimate of drug-likeness (QED) is 0.880. The Morgan fingerprint density at radius 3 is 2.75 bits per heavy atom. The van der Waals surface area contributed by atoms with Crippen LogP contribution in [0.2, 0.25) is 10.0 Å². The monoisotopic (exact) mass is 255 g/mol. The molecule has 2 rings (SSSR count). The van der Waals surface area contributed by atoms with E-state index in [1.165, 1.54) is 0 Å². The number of aromatic nitrogens is 2. The number of aryl methyl sites for hydroxylation is 1. The minimum atomic E-state index is 0.549. The topological polar surface area (TPSA) is 40.7 Å². The van der Waals surface area contributed by atoms with Crippen LogP contribution >= 0.6 is 23.2 Å². The maximum atomic E-state index is 5.91. The average molecular weight is 256 g/mol. The molecule has 1 aromatic heterocycles. The Kier molecular flexibility index (Phi) is 3.36. The van der Waals surface area contributed by atoms with E-state index in [0.717, 1.165) is 17.2 Å². The number of nitrogens with zero attached hydrogens (tertiary/aromatic N) is 1. The average Bonchev–Trinajstić information content (AvgIpc) is 2.66. The lowest BCUT2D eigenvalue weighted by atomic mass is 10.3. The molecule has 2 aromatic rings. The van der Waals surface area contributed by atoms with Gasteiger partial charge in [0.1, 0.15) is 5.82 Å². The Hall–Kier alpha value is -1.19. The van der Waals surface area contributed by atoms with Crippen LogP contribution in [0.25, 0.3) is 0 Å². The fourth-order valence-corrected chi connectivity index (χ4v) is 1.66. The summed E-state index contributed by atoms with van der Waals surface area (Å²) in [5, 5.41) is 4.34. The van der Waals surface area contributed by atoms with E-state index >= 15 is 0 Å². The van der Waals surface area contributed by atoms with E-state index in [1.807, 2.05) is 13.0 Å². The highest BCUT2D eigenvalue weighted by atomic mass is 35.5. The third-order valence-electron chi connectivity index (χ3n) is 2.16. The molecule has 3 nitrogen and oxygen atoms in total. The molecule has 1 aromatic carbocycles. The number of aromatic amines is 1. The fourth-order valence-electron chi connectivity index (χ4n) is 1.36. The lowest BCUT2D eigenvalue weighted by Crippen LogP contribution is -1.99. The SMILES string of the molecule is Cc1ncc(CNc2ccc(Cl)c(Cl)c2)[nH]1. The Bertz CT molecular complexity index is 494. The zero-order valence-corrected chi connectivity index (χ0v) is 10.2. The molecule has 0 aliphatic rings. The number of hydrogen-bond donors (Lipinski definition) is 2. The van der Waals surface area contributed by atoms with E-state index in [2.05, 4.69) is 15.3 Å². The molecule has 0 radical (unpaired) electrons. The molecule has 0 amide bonds. The van der Waals surface area contributed by atoms with E-state index in [1.54, 1.807) is 18.3 Å². The van der Waals surface area contributed by atoms with E-state index < -0.39 is 0 Å². The number of rotatable bonds is 3. The van der Waals surface area contributed by atoms with Gasteiger partial charge >= 0.3 is 0 Å². The molecule has 2 N–H and O–H groups in total. The van der Waals surface area contributed by atoms with Gasteiger partial charge in [-0.1, -0.05) is 23.2 Å². The summed E-state index contributed by atoms with van der Waals surface area (Å²) >= 11 is 11.7. The zero-order chi connectivity index (χ0) is 11.5. The number of H-pyrrole nitrogens is 1. The highest BCUT2D eigenvalue weighted by molar-refractivity contribution is 6.42. The first-order valence-corrected chi connectivity index (χ1v) is 5.60. The number of nitrogens with one attached hydrogen (secondary N) is 2. The first-order chi connectivity index (χ1) is 7.65. The highest BCUT2D eigenvalue weighted by Crippen LogP contribution is 2.25. The van der Waals surface area contributed by atoms with Crippen LogP contribution < -0.4 is 5.32 Å². The molecule has 0 fully saturated rings. The largest absolute Gasteiger partial charge is 0.379 e. The number of anilines is 1. The van der Waals surface area contributed by atoms with Gasteiger partial charge < -0.3 is 10.3 Å². The summed E-state index contributed by atoms with van der Waals surface area (Å²) in [6, 6.07) is 5.45. The molecule has 0 spiro atoms. The molecule has 0 atom stereocenters. The molecule has 84 valence electrons. The van der Waals surface area contributed by atoms with Crippen molar-refractivity contribution in [3.8, 4) is 0 Å². The van der Waals surface area contributed by atoms with Crippen LogP contribution in [-0.2, 0) is 6.54 Å². The zero-order valence-electron chi connectivity index (χ0n) is 8.72. The van der Waals surface area contributed by atoms with Crippen LogP contribution in [0.1, 0.15) is 11.5 Å². The van der Waals surface area contributed by atoms with Gasteiger partial charge in [-0.05, 0) is 25.1 Å². The van der Waals surface area contributed by atoms with Gasteiger partial charge in [-0.2, -0.15) is 0 Å². The molecule has 0 saturated carbocycles. The molecule has 0 saturated heterocycles. The third-order valence-corrected chi connectivity index (χ3v) is 2.90. The number of imidazole rings is 1. The fraction of sp³-hybridized carbons (Fsp3) is 0.182. The highest BCUT2D eigenvalue weighted by Gasteiger charge is 2.00. The minimum absolute atomic E-state index is 0.549. The summed E-state index contributed by atoms with van der Waals surface area (Å²) in [5.74, 6) is 0.908. The van der Waals surface area contributed by atoms with Crippen LogP contribution in [0.3, 0.4) is 0 Å². The Balaban J connectivity index is 2.02. The van der Waals surface area contributed by atoms with Gasteiger partial charge in [-0.25, -0.2) is 4.98 Å². The van der Waals surface area contributed by atoms with Gasteiger partial charge in [0.2, 0.25) is 0 Å². The first-order valence-electron chi connectivity index (χ1n) is 4.84. The predicted molar refractivity (Wildman–Crippen MR) is 67.1 cm³/mol. The van der Waals surface area contributed by atoms with Crippen LogP contribution in [0.4, 0.5) is 5.69 Å². The number of benzene rings is 1. The van der Waals surface area contributed by atoms with Crippen molar-refractivity contribution in [1.29, 1.82) is 0 Å². The van der Waals surface area contributed by atoms with Crippen molar-refractivity contribution in [2.24, 2.45) is 0 Å². The second-order valence-electron chi connectivity index (χ2n) is 3.48. The van der Waals surface area contributed by atoms with Crippen LogP contribution in [0.15, 0.2) is 24.4 Å². The molecule has 0 unspecified atom stereocenters. The van der Waals surface area contributed by atoms with Gasteiger partial charge in [-0.15, -0.1) is 0 Å². The van der Waals surface area contributed by atoms with E-state index in [4.69, 9.17) is 23.2 Å². The van der Waals surface area contributed by atoms with Gasteiger partial charge in [0, 0.05) is 5.69 Å². The summed E-state index contributed by atoms with van der Waals surface area (Å²) in [5.41, 5.74) is 1.96. The Morgan fingerprint density at radius 1 is 1.31 bits per heavy atom. The predicted octanol–water partition coefficient (Wildman–Crippen LogP) is 3.64. The minimum Gasteiger partial charge on any atom is -0.379 e. The Morgan fingerprint density at radius 2 is 2.12 bits per heavy atom. The summed E-state index contributed by atoms with van der Waals surface area (Å²) in [6.07, 6.45) is 1.81. The second kappa shape index (κ2) is 4.76. The summed E-state index contributed by atoms with van der Waals surface area (Å²) in [6.45, 7) is 2.60. The van der Waals surface area contributed by atoms with Gasteiger partial charge in [-0.3, -0.25) is 0 Å². The van der Waals surface area contributed by atoms with Gasteiger partial charge in [0.15, 0.2) is 0 Å². The molecule has 0 aliphatic carbocycles. The molecule has 0 aliphatic heterocycles. The van der Waals surface area contributed by atoms with E-state index in [-0.39, 0.29) is 0 Å². The first kappa shape index (κ1) is 11.3. The van der Waals surface area contributed by atoms with Gasteiger partial charge in [0.25, 0.3) is 0 Å². The summed E-state index contributed by atoms with van der Waals surface area (Å²) < 4.78 is 0. The molecular weight excluding hydrogens is 245 g/mol. The van der Waals surface area contributed by atoms with Crippen molar-refractivity contribution in [3.63, 3.8) is 0 Å². The maximum absolute atomic E-state index is 5.91. The van der Waals surface area contributed by atoms with Crippen molar-refractivity contribution in [2.45, 2.75) is 13.5 Å². The number of halogens is 2. The van der Waals surface area contributed by atoms with Crippen molar-refractivity contribution in [2.75, 3.05) is 5.32 Å². The standard InChI is InChI=1S/C11H11Cl2N3/c1-7-14-5-9(16-7)6-15-8-2-3-10(12)11(13)4-8/h2-5,15H,6H2,1H3,(H,14,16). The van der Waals surface area contributed by atoms with Crippen molar-refractivity contribution < 1.29 is 0 Å². The normalized spacial score (nSPS) is 10.4. The van der Waals surface area contributed by atoms with Crippen molar-refractivity contribution in [1.82, 2.24) is 9.97 Å². The lowest BCUT2D eigenvalue weighted by Gasteiger charge is -2.05. The van der Waals surface area contributed by atoms with Crippen LogP contribution in [-0.4, -0.2) is 9.97 Å². The van der Waals surface area contributed by atoms with Crippen LogP contribution in [0.5, 0.6) is 0 Å². The van der Waals surface area contributed by atoms with Crippen molar-refractivity contribution >= 4 is 28.9 Å².